The molecule has 1 saturated heterocycles. The Morgan fingerprint density at radius 2 is 1.83 bits per heavy atom. The van der Waals surface area contributed by atoms with Gasteiger partial charge in [0, 0.05) is 33.4 Å². The minimum absolute atomic E-state index is 0.241. The van der Waals surface area contributed by atoms with Gasteiger partial charge in [-0.15, -0.1) is 0 Å². The van der Waals surface area contributed by atoms with Gasteiger partial charge < -0.3 is 14.8 Å². The molecular weight excluding hydrogens is 228 g/mol. The zero-order chi connectivity index (χ0) is 13.4. The summed E-state index contributed by atoms with van der Waals surface area (Å²) in [5, 5.41) is 3.53. The van der Waals surface area contributed by atoms with E-state index >= 15 is 0 Å². The second kappa shape index (κ2) is 8.86. The van der Waals surface area contributed by atoms with Crippen molar-refractivity contribution in [3.63, 3.8) is 0 Å². The molecule has 0 aliphatic carbocycles. The third kappa shape index (κ3) is 5.22. The van der Waals surface area contributed by atoms with Crippen LogP contribution < -0.4 is 5.32 Å². The predicted octanol–water partition coefficient (Wildman–Crippen LogP) is 1.50. The van der Waals surface area contributed by atoms with E-state index in [-0.39, 0.29) is 12.2 Å². The summed E-state index contributed by atoms with van der Waals surface area (Å²) in [6.07, 6.45) is 4.18. The second-order valence-electron chi connectivity index (χ2n) is 5.31. The molecule has 4 nitrogen and oxygen atoms in total. The lowest BCUT2D eigenvalue weighted by Gasteiger charge is -2.17. The molecule has 1 aliphatic rings. The van der Waals surface area contributed by atoms with E-state index in [1.807, 2.05) is 0 Å². The number of likely N-dealkylation sites (tertiary alicyclic amines) is 1. The van der Waals surface area contributed by atoms with E-state index in [9.17, 15) is 0 Å². The summed E-state index contributed by atoms with van der Waals surface area (Å²) in [4.78, 5) is 2.45. The molecular formula is C14H30N2O2. The molecule has 4 heteroatoms. The Labute approximate surface area is 112 Å². The van der Waals surface area contributed by atoms with Crippen LogP contribution in [0.25, 0.3) is 0 Å². The first-order valence-corrected chi connectivity index (χ1v) is 7.22. The molecule has 1 aliphatic heterocycles. The van der Waals surface area contributed by atoms with E-state index in [4.69, 9.17) is 9.47 Å². The molecule has 0 bridgehead atoms. The number of nitrogens with zero attached hydrogens (tertiary/aromatic N) is 1. The maximum atomic E-state index is 5.45. The van der Waals surface area contributed by atoms with Crippen LogP contribution >= 0.6 is 0 Å². The molecule has 3 atom stereocenters. The average molecular weight is 258 g/mol. The molecule has 0 saturated carbocycles. The maximum absolute atomic E-state index is 5.45. The fourth-order valence-electron chi connectivity index (χ4n) is 2.57. The van der Waals surface area contributed by atoms with Crippen LogP contribution in [-0.2, 0) is 9.47 Å². The average Bonchev–Trinajstić information content (AvgIpc) is 2.78. The van der Waals surface area contributed by atoms with Gasteiger partial charge in [-0.1, -0.05) is 6.92 Å². The van der Waals surface area contributed by atoms with Crippen molar-refractivity contribution in [2.24, 2.45) is 0 Å². The predicted molar refractivity (Wildman–Crippen MR) is 75.0 cm³/mol. The lowest BCUT2D eigenvalue weighted by Crippen LogP contribution is -2.29. The summed E-state index contributed by atoms with van der Waals surface area (Å²) >= 11 is 0. The van der Waals surface area contributed by atoms with Gasteiger partial charge in [0.1, 0.15) is 0 Å². The van der Waals surface area contributed by atoms with Crippen LogP contribution in [0.3, 0.4) is 0 Å². The Balaban J connectivity index is 2.13. The molecule has 1 rings (SSSR count). The van der Waals surface area contributed by atoms with Gasteiger partial charge in [0.25, 0.3) is 0 Å². The fourth-order valence-corrected chi connectivity index (χ4v) is 2.57. The van der Waals surface area contributed by atoms with Crippen LogP contribution in [0, 0.1) is 0 Å². The van der Waals surface area contributed by atoms with Crippen LogP contribution in [0.2, 0.25) is 0 Å². The topological polar surface area (TPSA) is 33.7 Å². The van der Waals surface area contributed by atoms with Crippen LogP contribution in [-0.4, -0.2) is 63.5 Å². The molecule has 0 aromatic carbocycles. The number of ether oxygens (including phenoxy) is 2. The molecule has 1 heterocycles. The molecule has 18 heavy (non-hydrogen) atoms. The Hall–Kier alpha value is -0.160. The van der Waals surface area contributed by atoms with Crippen molar-refractivity contribution in [2.75, 3.05) is 40.4 Å². The van der Waals surface area contributed by atoms with E-state index in [1.165, 1.54) is 19.3 Å². The standard InChI is InChI=1S/C14H30N2O2/c1-5-8-15-12(2)7-6-9-16-10-13(17-3)14(11-16)18-4/h12-15H,5-11H2,1-4H3. The van der Waals surface area contributed by atoms with Crippen molar-refractivity contribution in [3.05, 3.63) is 0 Å². The third-order valence-corrected chi connectivity index (χ3v) is 3.75. The summed E-state index contributed by atoms with van der Waals surface area (Å²) in [6.45, 7) is 8.77. The molecule has 0 aromatic heterocycles. The summed E-state index contributed by atoms with van der Waals surface area (Å²) in [5.74, 6) is 0. The van der Waals surface area contributed by atoms with Crippen molar-refractivity contribution in [1.82, 2.24) is 10.2 Å². The SMILES string of the molecule is CCCNC(C)CCCN1CC(OC)C(OC)C1. The highest BCUT2D eigenvalue weighted by atomic mass is 16.5. The third-order valence-electron chi connectivity index (χ3n) is 3.75. The molecule has 108 valence electrons. The van der Waals surface area contributed by atoms with E-state index in [2.05, 4.69) is 24.1 Å². The number of rotatable bonds is 9. The van der Waals surface area contributed by atoms with E-state index < -0.39 is 0 Å². The first kappa shape index (κ1) is 15.9. The number of nitrogens with one attached hydrogen (secondary N) is 1. The highest BCUT2D eigenvalue weighted by Gasteiger charge is 2.32. The highest BCUT2D eigenvalue weighted by molar-refractivity contribution is 4.85. The zero-order valence-electron chi connectivity index (χ0n) is 12.4. The molecule has 0 spiro atoms. The van der Waals surface area contributed by atoms with Gasteiger partial charge in [-0.3, -0.25) is 4.90 Å². The Morgan fingerprint density at radius 1 is 1.22 bits per heavy atom. The monoisotopic (exact) mass is 258 g/mol. The number of methoxy groups -OCH3 is 2. The normalized spacial score (nSPS) is 26.7. The van der Waals surface area contributed by atoms with Gasteiger partial charge in [0.15, 0.2) is 0 Å². The van der Waals surface area contributed by atoms with Gasteiger partial charge in [-0.2, -0.15) is 0 Å². The summed E-state index contributed by atoms with van der Waals surface area (Å²) in [6, 6.07) is 0.629. The minimum atomic E-state index is 0.241. The molecule has 0 amide bonds. The smallest absolute Gasteiger partial charge is 0.0971 e. The zero-order valence-corrected chi connectivity index (χ0v) is 12.4. The lowest BCUT2D eigenvalue weighted by molar-refractivity contribution is -0.00461. The van der Waals surface area contributed by atoms with Crippen molar-refractivity contribution >= 4 is 0 Å². The first-order valence-electron chi connectivity index (χ1n) is 7.22. The van der Waals surface area contributed by atoms with Crippen LogP contribution in [0.15, 0.2) is 0 Å². The number of hydrogen-bond donors (Lipinski definition) is 1. The Morgan fingerprint density at radius 3 is 2.33 bits per heavy atom. The fraction of sp³-hybridized carbons (Fsp3) is 1.00. The molecule has 0 aromatic rings. The Bertz CT molecular complexity index is 202. The first-order chi connectivity index (χ1) is 8.71. The van der Waals surface area contributed by atoms with Crippen molar-refractivity contribution in [3.8, 4) is 0 Å². The lowest BCUT2D eigenvalue weighted by atomic mass is 10.2. The van der Waals surface area contributed by atoms with Crippen molar-refractivity contribution in [1.29, 1.82) is 0 Å². The highest BCUT2D eigenvalue weighted by Crippen LogP contribution is 2.16. The number of hydrogen-bond acceptors (Lipinski definition) is 4. The van der Waals surface area contributed by atoms with E-state index in [1.54, 1.807) is 14.2 Å². The molecule has 3 unspecified atom stereocenters. The molecule has 0 radical (unpaired) electrons. The van der Waals surface area contributed by atoms with Crippen molar-refractivity contribution in [2.45, 2.75) is 51.4 Å². The minimum Gasteiger partial charge on any atom is -0.377 e. The van der Waals surface area contributed by atoms with Gasteiger partial charge in [-0.25, -0.2) is 0 Å². The summed E-state index contributed by atoms with van der Waals surface area (Å²) in [5.41, 5.74) is 0. The molecule has 1 N–H and O–H groups in total. The summed E-state index contributed by atoms with van der Waals surface area (Å²) < 4.78 is 10.9. The molecule has 1 fully saturated rings. The largest absolute Gasteiger partial charge is 0.377 e. The Kier molecular flexibility index (Phi) is 7.82. The van der Waals surface area contributed by atoms with Crippen LogP contribution in [0.5, 0.6) is 0 Å². The maximum Gasteiger partial charge on any atom is 0.0971 e. The van der Waals surface area contributed by atoms with Crippen molar-refractivity contribution < 1.29 is 9.47 Å². The van der Waals surface area contributed by atoms with Gasteiger partial charge >= 0.3 is 0 Å². The second-order valence-corrected chi connectivity index (χ2v) is 5.31. The van der Waals surface area contributed by atoms with Gasteiger partial charge in [0.2, 0.25) is 0 Å². The summed E-state index contributed by atoms with van der Waals surface area (Å²) in [7, 11) is 3.55. The van der Waals surface area contributed by atoms with Gasteiger partial charge in [0.05, 0.1) is 12.2 Å². The van der Waals surface area contributed by atoms with E-state index in [0.29, 0.717) is 6.04 Å². The van der Waals surface area contributed by atoms with E-state index in [0.717, 1.165) is 26.2 Å². The quantitative estimate of drug-likeness (QED) is 0.679. The van der Waals surface area contributed by atoms with Crippen LogP contribution in [0.1, 0.15) is 33.1 Å². The van der Waals surface area contributed by atoms with Gasteiger partial charge in [-0.05, 0) is 39.3 Å². The van der Waals surface area contributed by atoms with Crippen LogP contribution in [0.4, 0.5) is 0 Å².